The van der Waals surface area contributed by atoms with Crippen LogP contribution in [0.25, 0.3) is 0 Å². The van der Waals surface area contributed by atoms with Gasteiger partial charge in [0.1, 0.15) is 17.6 Å². The van der Waals surface area contributed by atoms with Gasteiger partial charge >= 0.3 is 5.97 Å². The first-order chi connectivity index (χ1) is 17.2. The third-order valence-corrected chi connectivity index (χ3v) is 8.10. The monoisotopic (exact) mass is 504 g/mol. The number of allylic oxidation sites excluding steroid dienone is 1. The van der Waals surface area contributed by atoms with Crippen LogP contribution >= 0.6 is 0 Å². The summed E-state index contributed by atoms with van der Waals surface area (Å²) in [4.78, 5) is 44.8. The van der Waals surface area contributed by atoms with E-state index in [0.717, 1.165) is 25.7 Å². The molecular weight excluding hydrogens is 460 g/mol. The summed E-state index contributed by atoms with van der Waals surface area (Å²) in [6.45, 7) is 14.5. The lowest BCUT2D eigenvalue weighted by molar-refractivity contribution is -0.160. The van der Waals surface area contributed by atoms with E-state index < -0.39 is 35.0 Å². The summed E-state index contributed by atoms with van der Waals surface area (Å²) in [5, 5.41) is 9.09. The number of carbonyl (C=O) groups is 3. The Morgan fingerprint density at radius 2 is 1.92 bits per heavy atom. The normalized spacial score (nSPS) is 30.5. The molecule has 0 saturated carbocycles. The highest BCUT2D eigenvalue weighted by Gasteiger charge is 2.78. The van der Waals surface area contributed by atoms with E-state index >= 15 is 0 Å². The fourth-order valence-electron chi connectivity index (χ4n) is 6.39. The van der Waals surface area contributed by atoms with Crippen molar-refractivity contribution in [2.24, 2.45) is 11.8 Å². The number of fused-ring (bicyclic) bond motifs is 1. The first kappa shape index (κ1) is 28.4. The van der Waals surface area contributed by atoms with Gasteiger partial charge in [-0.3, -0.25) is 14.4 Å². The van der Waals surface area contributed by atoms with Crippen LogP contribution in [0, 0.1) is 11.8 Å². The lowest BCUT2D eigenvalue weighted by atomic mass is 9.66. The molecule has 8 nitrogen and oxygen atoms in total. The molecule has 3 heterocycles. The molecule has 5 atom stereocenters. The summed E-state index contributed by atoms with van der Waals surface area (Å²) in [6.07, 6.45) is 9.18. The van der Waals surface area contributed by atoms with Crippen LogP contribution in [0.2, 0.25) is 0 Å². The summed E-state index contributed by atoms with van der Waals surface area (Å²) in [5.74, 6) is -2.21. The molecule has 8 heteroatoms. The van der Waals surface area contributed by atoms with Crippen molar-refractivity contribution in [1.29, 1.82) is 0 Å². The Bertz CT molecular complexity index is 844. The molecule has 3 aliphatic rings. The number of rotatable bonds is 15. The molecule has 3 rings (SSSR count). The Hall–Kier alpha value is -2.19. The Labute approximate surface area is 215 Å². The highest BCUT2D eigenvalue weighted by Crippen LogP contribution is 2.63. The predicted octanol–water partition coefficient (Wildman–Crippen LogP) is 3.24. The minimum atomic E-state index is -1.03. The molecule has 3 aliphatic heterocycles. The van der Waals surface area contributed by atoms with Crippen LogP contribution in [0.5, 0.6) is 0 Å². The second-order valence-electron chi connectivity index (χ2n) is 10.9. The highest BCUT2D eigenvalue weighted by atomic mass is 16.6. The SMILES string of the molecule is C=CCCCOC(=O)[C@H]1[C@H]2C(=O)N(CCCCCCO)C(C(=O)N(CC=C)C(C)C)C23CC[C@]1(C)O3. The Morgan fingerprint density at radius 1 is 1.19 bits per heavy atom. The van der Waals surface area contributed by atoms with E-state index in [1.54, 1.807) is 22.0 Å². The number of esters is 1. The van der Waals surface area contributed by atoms with E-state index in [0.29, 0.717) is 38.8 Å². The van der Waals surface area contributed by atoms with Gasteiger partial charge in [-0.25, -0.2) is 0 Å². The summed E-state index contributed by atoms with van der Waals surface area (Å²) in [6, 6.07) is -0.858. The standard InChI is InChI=1S/C28H44N2O6/c1-6-8-13-19-35-26(34)22-21-24(32)30(17-11-9-10-12-18-31)23(25(33)29(16-7-2)20(3)4)28(21)15-14-27(22,5)36-28/h6-7,20-23,31H,1-2,8-19H2,3-5H3/t21-,22+,23?,27-,28?/m0/s1. The zero-order valence-corrected chi connectivity index (χ0v) is 22.2. The minimum absolute atomic E-state index is 0.0766. The number of hydrogen-bond acceptors (Lipinski definition) is 6. The van der Waals surface area contributed by atoms with Crippen LogP contribution in [-0.2, 0) is 23.9 Å². The molecule has 36 heavy (non-hydrogen) atoms. The van der Waals surface area contributed by atoms with Crippen molar-refractivity contribution in [2.45, 2.75) is 95.4 Å². The van der Waals surface area contributed by atoms with Gasteiger partial charge in [-0.1, -0.05) is 25.0 Å². The fourth-order valence-corrected chi connectivity index (χ4v) is 6.39. The third kappa shape index (κ3) is 5.12. The molecule has 2 amide bonds. The van der Waals surface area contributed by atoms with E-state index in [4.69, 9.17) is 14.6 Å². The lowest BCUT2D eigenvalue weighted by Crippen LogP contribution is -2.57. The number of ether oxygens (including phenoxy) is 2. The van der Waals surface area contributed by atoms with Crippen molar-refractivity contribution in [2.75, 3.05) is 26.3 Å². The van der Waals surface area contributed by atoms with Crippen molar-refractivity contribution in [3.63, 3.8) is 0 Å². The topological polar surface area (TPSA) is 96.4 Å². The molecule has 0 aromatic heterocycles. The maximum atomic E-state index is 14.1. The fraction of sp³-hybridized carbons (Fsp3) is 0.750. The maximum Gasteiger partial charge on any atom is 0.312 e. The van der Waals surface area contributed by atoms with Crippen molar-refractivity contribution >= 4 is 17.8 Å². The molecule has 1 spiro atoms. The van der Waals surface area contributed by atoms with Crippen molar-refractivity contribution < 1.29 is 29.0 Å². The van der Waals surface area contributed by atoms with Crippen molar-refractivity contribution in [1.82, 2.24) is 9.80 Å². The van der Waals surface area contributed by atoms with Crippen molar-refractivity contribution in [3.8, 4) is 0 Å². The van der Waals surface area contributed by atoms with Crippen LogP contribution in [0.4, 0.5) is 0 Å². The van der Waals surface area contributed by atoms with Crippen LogP contribution < -0.4 is 0 Å². The zero-order chi connectivity index (χ0) is 26.5. The number of nitrogens with zero attached hydrogens (tertiary/aromatic N) is 2. The van der Waals surface area contributed by atoms with E-state index in [1.165, 1.54) is 0 Å². The smallest absolute Gasteiger partial charge is 0.312 e. The van der Waals surface area contributed by atoms with Crippen LogP contribution in [0.1, 0.15) is 72.1 Å². The molecule has 0 aromatic carbocycles. The summed E-state index contributed by atoms with van der Waals surface area (Å²) >= 11 is 0. The molecule has 2 unspecified atom stereocenters. The molecule has 3 saturated heterocycles. The largest absolute Gasteiger partial charge is 0.465 e. The van der Waals surface area contributed by atoms with Crippen LogP contribution in [0.3, 0.4) is 0 Å². The first-order valence-corrected chi connectivity index (χ1v) is 13.5. The number of unbranched alkanes of at least 4 members (excludes halogenated alkanes) is 4. The van der Waals surface area contributed by atoms with Crippen LogP contribution in [0.15, 0.2) is 25.3 Å². The maximum absolute atomic E-state index is 14.1. The van der Waals surface area contributed by atoms with Gasteiger partial charge in [0.2, 0.25) is 11.8 Å². The van der Waals surface area contributed by atoms with Gasteiger partial charge in [-0.2, -0.15) is 0 Å². The summed E-state index contributed by atoms with van der Waals surface area (Å²) in [7, 11) is 0. The second-order valence-corrected chi connectivity index (χ2v) is 10.9. The van der Waals surface area contributed by atoms with E-state index in [2.05, 4.69) is 13.2 Å². The summed E-state index contributed by atoms with van der Waals surface area (Å²) < 4.78 is 12.2. The third-order valence-electron chi connectivity index (χ3n) is 8.10. The highest BCUT2D eigenvalue weighted by molar-refractivity contribution is 5.98. The van der Waals surface area contributed by atoms with Gasteiger partial charge in [0.05, 0.1) is 18.1 Å². The van der Waals surface area contributed by atoms with E-state index in [-0.39, 0.29) is 31.1 Å². The molecule has 2 bridgehead atoms. The van der Waals surface area contributed by atoms with E-state index in [9.17, 15) is 14.4 Å². The number of likely N-dealkylation sites (tertiary alicyclic amines) is 1. The molecule has 202 valence electrons. The van der Waals surface area contributed by atoms with Gasteiger partial charge in [0.25, 0.3) is 0 Å². The van der Waals surface area contributed by atoms with Gasteiger partial charge in [0, 0.05) is 25.7 Å². The number of amides is 2. The van der Waals surface area contributed by atoms with Gasteiger partial charge in [-0.15, -0.1) is 13.2 Å². The second kappa shape index (κ2) is 11.9. The predicted molar refractivity (Wildman–Crippen MR) is 137 cm³/mol. The number of hydrogen-bond donors (Lipinski definition) is 1. The summed E-state index contributed by atoms with van der Waals surface area (Å²) in [5.41, 5.74) is -1.87. The number of carbonyl (C=O) groups excluding carboxylic acids is 3. The Balaban J connectivity index is 1.93. The molecule has 0 radical (unpaired) electrons. The minimum Gasteiger partial charge on any atom is -0.465 e. The van der Waals surface area contributed by atoms with Crippen LogP contribution in [-0.4, -0.2) is 82.3 Å². The first-order valence-electron chi connectivity index (χ1n) is 13.5. The van der Waals surface area contributed by atoms with E-state index in [1.807, 2.05) is 20.8 Å². The average molecular weight is 505 g/mol. The molecule has 3 fully saturated rings. The van der Waals surface area contributed by atoms with Gasteiger partial charge < -0.3 is 24.4 Å². The number of aliphatic hydroxyl groups is 1. The Morgan fingerprint density at radius 3 is 2.56 bits per heavy atom. The lowest BCUT2D eigenvalue weighted by Gasteiger charge is -2.38. The quantitative estimate of drug-likeness (QED) is 0.209. The molecule has 1 N–H and O–H groups in total. The average Bonchev–Trinajstić information content (AvgIpc) is 3.40. The molecule has 0 aliphatic carbocycles. The molecule has 0 aromatic rings. The number of aliphatic hydroxyl groups excluding tert-OH is 1. The Kier molecular flexibility index (Phi) is 9.39. The van der Waals surface area contributed by atoms with Crippen molar-refractivity contribution in [3.05, 3.63) is 25.3 Å². The molecular formula is C28H44N2O6. The van der Waals surface area contributed by atoms with Gasteiger partial charge in [0.15, 0.2) is 0 Å². The van der Waals surface area contributed by atoms with Gasteiger partial charge in [-0.05, 0) is 59.3 Å². The zero-order valence-electron chi connectivity index (χ0n) is 22.2.